The van der Waals surface area contributed by atoms with Crippen LogP contribution in [0.3, 0.4) is 0 Å². The van der Waals surface area contributed by atoms with Crippen molar-refractivity contribution in [1.29, 1.82) is 0 Å². The van der Waals surface area contributed by atoms with E-state index < -0.39 is 40.2 Å². The number of hydrogen-bond acceptors (Lipinski definition) is 8. The van der Waals surface area contributed by atoms with Crippen molar-refractivity contribution in [2.75, 3.05) is 18.0 Å². The summed E-state index contributed by atoms with van der Waals surface area (Å²) in [6, 6.07) is 19.1. The Balaban J connectivity index is 1.32. The molecule has 3 N–H and O–H groups in total. The van der Waals surface area contributed by atoms with Gasteiger partial charge in [0, 0.05) is 19.5 Å². The molecule has 2 atom stereocenters. The number of alkyl halides is 2. The summed E-state index contributed by atoms with van der Waals surface area (Å²) in [4.78, 5) is 25.1. The zero-order chi connectivity index (χ0) is 34.8. The number of rotatable bonds is 13. The Bertz CT molecular complexity index is 1890. The van der Waals surface area contributed by atoms with Crippen LogP contribution in [0.4, 0.5) is 19.3 Å². The number of fused-ring (bicyclic) bond motifs is 1. The van der Waals surface area contributed by atoms with Crippen molar-refractivity contribution < 1.29 is 36.6 Å². The molecule has 0 radical (unpaired) electrons. The van der Waals surface area contributed by atoms with Crippen LogP contribution in [-0.4, -0.2) is 70.1 Å². The van der Waals surface area contributed by atoms with E-state index in [4.69, 9.17) is 10.5 Å². The van der Waals surface area contributed by atoms with Gasteiger partial charge in [-0.25, -0.2) is 17.9 Å². The van der Waals surface area contributed by atoms with Crippen LogP contribution in [0.25, 0.3) is 5.69 Å². The van der Waals surface area contributed by atoms with Crippen LogP contribution < -0.4 is 10.6 Å². The standard InChI is InChI=1S/C33H36F2N6O6S/c1-21(2)17-39(20-29(42)30(47-32(36)44)16-23-7-5-4-6-8-23)48(45,46)26-12-10-25(11-13-26)41-19-24(37-38-41)18-40-28-14-9-22(3)15-27(28)33(34,35)31(40)43/h4-15,19,21,29-30,42H,16-18,20H2,1-3H3,(H2,36,44)/t29-,30+/m1/s1. The highest BCUT2D eigenvalue weighted by Crippen LogP contribution is 2.45. The number of aliphatic hydroxyl groups is 1. The molecule has 0 unspecified atom stereocenters. The van der Waals surface area contributed by atoms with Crippen LogP contribution in [0.5, 0.6) is 0 Å². The van der Waals surface area contributed by atoms with E-state index >= 15 is 0 Å². The van der Waals surface area contributed by atoms with E-state index in [1.54, 1.807) is 37.3 Å². The normalized spacial score (nSPS) is 15.5. The van der Waals surface area contributed by atoms with Gasteiger partial charge < -0.3 is 20.5 Å². The molecule has 0 saturated heterocycles. The Hall–Kier alpha value is -4.73. The first kappa shape index (κ1) is 34.6. The summed E-state index contributed by atoms with van der Waals surface area (Å²) >= 11 is 0. The van der Waals surface area contributed by atoms with Crippen molar-refractivity contribution in [3.8, 4) is 5.69 Å². The molecule has 0 saturated carbocycles. The number of benzene rings is 3. The molecule has 0 spiro atoms. The Morgan fingerprint density at radius 2 is 1.75 bits per heavy atom. The van der Waals surface area contributed by atoms with E-state index in [1.807, 2.05) is 19.9 Å². The molecule has 48 heavy (non-hydrogen) atoms. The van der Waals surface area contributed by atoms with E-state index in [-0.39, 0.29) is 53.8 Å². The third kappa shape index (κ3) is 7.37. The minimum Gasteiger partial charge on any atom is -0.443 e. The van der Waals surface area contributed by atoms with Gasteiger partial charge in [-0.1, -0.05) is 61.0 Å². The minimum atomic E-state index is -4.14. The van der Waals surface area contributed by atoms with Crippen molar-refractivity contribution >= 4 is 27.7 Å². The lowest BCUT2D eigenvalue weighted by Crippen LogP contribution is -2.46. The molecule has 0 aliphatic carbocycles. The van der Waals surface area contributed by atoms with Crippen LogP contribution in [0, 0.1) is 12.8 Å². The summed E-state index contributed by atoms with van der Waals surface area (Å²) < 4.78 is 64.7. The molecule has 4 aromatic rings. The topological polar surface area (TPSA) is 161 Å². The van der Waals surface area contributed by atoms with E-state index in [9.17, 15) is 31.9 Å². The summed E-state index contributed by atoms with van der Waals surface area (Å²) in [5, 5.41) is 19.2. The average molecular weight is 683 g/mol. The maximum atomic E-state index is 14.7. The lowest BCUT2D eigenvalue weighted by molar-refractivity contribution is -0.141. The first-order valence-corrected chi connectivity index (χ1v) is 16.6. The third-order valence-electron chi connectivity index (χ3n) is 7.83. The molecule has 1 aliphatic heterocycles. The summed E-state index contributed by atoms with van der Waals surface area (Å²) in [5.74, 6) is -5.12. The highest BCUT2D eigenvalue weighted by Gasteiger charge is 2.53. The molecule has 15 heteroatoms. The minimum absolute atomic E-state index is 0.0633. The van der Waals surface area contributed by atoms with Gasteiger partial charge in [0.15, 0.2) is 0 Å². The van der Waals surface area contributed by atoms with E-state index in [0.29, 0.717) is 11.3 Å². The number of aliphatic hydroxyl groups excluding tert-OH is 1. The van der Waals surface area contributed by atoms with Crippen molar-refractivity contribution in [3.63, 3.8) is 0 Å². The molecule has 12 nitrogen and oxygen atoms in total. The molecule has 3 aromatic carbocycles. The van der Waals surface area contributed by atoms with Crippen molar-refractivity contribution in [3.05, 3.63) is 101 Å². The van der Waals surface area contributed by atoms with Gasteiger partial charge in [0.2, 0.25) is 10.0 Å². The predicted molar refractivity (Wildman–Crippen MR) is 172 cm³/mol. The first-order valence-electron chi connectivity index (χ1n) is 15.2. The number of carbonyl (C=O) groups is 2. The Morgan fingerprint density at radius 1 is 1.06 bits per heavy atom. The number of carbonyl (C=O) groups excluding carboxylic acids is 2. The summed E-state index contributed by atoms with van der Waals surface area (Å²) in [6.45, 7) is 4.79. The molecular formula is C33H36F2N6O6S. The number of halogens is 2. The largest absolute Gasteiger partial charge is 0.443 e. The first-order chi connectivity index (χ1) is 22.7. The van der Waals surface area contributed by atoms with Crippen molar-refractivity contribution in [2.24, 2.45) is 11.7 Å². The lowest BCUT2D eigenvalue weighted by atomic mass is 10.0. The van der Waals surface area contributed by atoms with Crippen LogP contribution in [0.2, 0.25) is 0 Å². The number of hydrogen-bond donors (Lipinski definition) is 2. The molecular weight excluding hydrogens is 646 g/mol. The summed E-state index contributed by atoms with van der Waals surface area (Å²) in [6.07, 6.45) is -2.00. The highest BCUT2D eigenvalue weighted by molar-refractivity contribution is 7.89. The molecule has 0 fully saturated rings. The zero-order valence-electron chi connectivity index (χ0n) is 26.5. The number of nitrogens with zero attached hydrogens (tertiary/aromatic N) is 5. The number of primary amides is 1. The Labute approximate surface area is 276 Å². The van der Waals surface area contributed by atoms with Gasteiger partial charge in [-0.15, -0.1) is 5.10 Å². The molecule has 0 bridgehead atoms. The van der Waals surface area contributed by atoms with Gasteiger partial charge in [0.1, 0.15) is 17.9 Å². The fourth-order valence-corrected chi connectivity index (χ4v) is 7.14. The SMILES string of the molecule is Cc1ccc2c(c1)C(F)(F)C(=O)N2Cc1cn(-c2ccc(S(=O)(=O)N(CC(C)C)C[C@@H](O)[C@H](Cc3ccccc3)OC(N)=O)cc2)nn1. The second-order valence-electron chi connectivity index (χ2n) is 12.1. The van der Waals surface area contributed by atoms with Crippen LogP contribution in [0.1, 0.15) is 36.2 Å². The second kappa shape index (κ2) is 13.8. The van der Waals surface area contributed by atoms with E-state index in [1.165, 1.54) is 47.3 Å². The number of aromatic nitrogens is 3. The van der Waals surface area contributed by atoms with E-state index in [0.717, 1.165) is 14.8 Å². The molecule has 1 aromatic heterocycles. The Morgan fingerprint density at radius 3 is 2.40 bits per heavy atom. The maximum absolute atomic E-state index is 14.7. The third-order valence-corrected chi connectivity index (χ3v) is 9.68. The van der Waals surface area contributed by atoms with Crippen LogP contribution in [0.15, 0.2) is 83.9 Å². The van der Waals surface area contributed by atoms with Crippen LogP contribution in [-0.2, 0) is 38.4 Å². The van der Waals surface area contributed by atoms with Crippen molar-refractivity contribution in [1.82, 2.24) is 19.3 Å². The molecule has 2 amide bonds. The number of nitrogens with two attached hydrogens (primary N) is 1. The smallest absolute Gasteiger partial charge is 0.404 e. The monoisotopic (exact) mass is 682 g/mol. The lowest BCUT2D eigenvalue weighted by Gasteiger charge is -2.29. The van der Waals surface area contributed by atoms with Gasteiger partial charge in [-0.2, -0.15) is 13.1 Å². The molecule has 254 valence electrons. The molecule has 5 rings (SSSR count). The zero-order valence-corrected chi connectivity index (χ0v) is 27.3. The highest BCUT2D eigenvalue weighted by atomic mass is 32.2. The van der Waals surface area contributed by atoms with Gasteiger partial charge in [-0.05, 0) is 54.8 Å². The fraction of sp³-hybridized carbons (Fsp3) is 0.333. The molecule has 1 aliphatic rings. The predicted octanol–water partition coefficient (Wildman–Crippen LogP) is 3.93. The van der Waals surface area contributed by atoms with Gasteiger partial charge >= 0.3 is 17.9 Å². The van der Waals surface area contributed by atoms with Gasteiger partial charge in [0.25, 0.3) is 0 Å². The van der Waals surface area contributed by atoms with Gasteiger partial charge in [0.05, 0.1) is 34.6 Å². The van der Waals surface area contributed by atoms with Crippen LogP contribution >= 0.6 is 0 Å². The summed E-state index contributed by atoms with van der Waals surface area (Å²) in [5.41, 5.74) is 7.03. The number of aryl methyl sites for hydroxylation is 1. The second-order valence-corrected chi connectivity index (χ2v) is 14.0. The summed E-state index contributed by atoms with van der Waals surface area (Å²) in [7, 11) is -4.14. The Kier molecular flexibility index (Phi) is 9.94. The quantitative estimate of drug-likeness (QED) is 0.215. The average Bonchev–Trinajstić information content (AvgIpc) is 3.57. The number of ether oxygens (including phenoxy) is 1. The number of sulfonamides is 1. The maximum Gasteiger partial charge on any atom is 0.404 e. The fourth-order valence-electron chi connectivity index (χ4n) is 5.52. The molecule has 2 heterocycles. The van der Waals surface area contributed by atoms with E-state index in [2.05, 4.69) is 10.3 Å². The number of amides is 2. The number of anilines is 1. The van der Waals surface area contributed by atoms with Gasteiger partial charge in [-0.3, -0.25) is 4.79 Å². The van der Waals surface area contributed by atoms with Crippen molar-refractivity contribution in [2.45, 2.75) is 56.8 Å².